The molecule has 0 aliphatic carbocycles. The Morgan fingerprint density at radius 3 is 2.34 bits per heavy atom. The smallest absolute Gasteiger partial charge is 0.269 e. The van der Waals surface area contributed by atoms with Crippen molar-refractivity contribution in [3.8, 4) is 0 Å². The van der Waals surface area contributed by atoms with Crippen molar-refractivity contribution in [1.82, 2.24) is 4.31 Å². The van der Waals surface area contributed by atoms with Crippen LogP contribution in [0.25, 0.3) is 0 Å². The van der Waals surface area contributed by atoms with Crippen LogP contribution in [-0.4, -0.2) is 36.6 Å². The molecule has 2 aromatic carbocycles. The first kappa shape index (κ1) is 21.2. The number of hydrogen-bond donors (Lipinski definition) is 1. The van der Waals surface area contributed by atoms with Crippen molar-refractivity contribution >= 4 is 38.9 Å². The van der Waals surface area contributed by atoms with Gasteiger partial charge in [-0.3, -0.25) is 14.9 Å². The zero-order valence-corrected chi connectivity index (χ0v) is 16.6. The molecule has 8 nitrogen and oxygen atoms in total. The largest absolute Gasteiger partial charge is 0.326 e. The highest BCUT2D eigenvalue weighted by Gasteiger charge is 2.32. The molecule has 2 aromatic rings. The quantitative estimate of drug-likeness (QED) is 0.564. The molecular formula is C18H17ClFN3O5S. The van der Waals surface area contributed by atoms with Crippen molar-refractivity contribution < 1.29 is 22.5 Å². The van der Waals surface area contributed by atoms with Crippen LogP contribution < -0.4 is 5.32 Å². The van der Waals surface area contributed by atoms with Gasteiger partial charge >= 0.3 is 0 Å². The number of halogens is 2. The predicted octanol–water partition coefficient (Wildman–Crippen LogP) is 3.43. The summed E-state index contributed by atoms with van der Waals surface area (Å²) in [7, 11) is -3.84. The van der Waals surface area contributed by atoms with Gasteiger partial charge in [0.2, 0.25) is 15.9 Å². The van der Waals surface area contributed by atoms with E-state index in [0.29, 0.717) is 18.5 Å². The third-order valence-electron chi connectivity index (χ3n) is 4.70. The van der Waals surface area contributed by atoms with Gasteiger partial charge in [0, 0.05) is 36.8 Å². The lowest BCUT2D eigenvalue weighted by Gasteiger charge is -2.30. The molecule has 0 atom stereocenters. The topological polar surface area (TPSA) is 110 Å². The Hall–Kier alpha value is -2.56. The van der Waals surface area contributed by atoms with Crippen LogP contribution in [0.5, 0.6) is 0 Å². The van der Waals surface area contributed by atoms with E-state index in [1.54, 1.807) is 0 Å². The lowest BCUT2D eigenvalue weighted by atomic mass is 9.97. The molecule has 0 saturated carbocycles. The summed E-state index contributed by atoms with van der Waals surface area (Å²) in [5.74, 6) is -1.37. The van der Waals surface area contributed by atoms with E-state index in [9.17, 15) is 27.7 Å². The molecule has 1 amide bonds. The highest BCUT2D eigenvalue weighted by molar-refractivity contribution is 7.89. The molecule has 0 radical (unpaired) electrons. The Balaban J connectivity index is 1.61. The maximum absolute atomic E-state index is 13.3. The molecule has 1 saturated heterocycles. The van der Waals surface area contributed by atoms with Crippen molar-refractivity contribution in [2.24, 2.45) is 5.92 Å². The lowest BCUT2D eigenvalue weighted by Crippen LogP contribution is -2.41. The Labute approximate surface area is 171 Å². The Bertz CT molecular complexity index is 1040. The summed E-state index contributed by atoms with van der Waals surface area (Å²) in [4.78, 5) is 22.5. The van der Waals surface area contributed by atoms with Gasteiger partial charge in [-0.1, -0.05) is 11.6 Å². The number of benzene rings is 2. The van der Waals surface area contributed by atoms with Gasteiger partial charge in [0.1, 0.15) is 5.82 Å². The minimum atomic E-state index is -3.84. The van der Waals surface area contributed by atoms with Gasteiger partial charge in [0.05, 0.1) is 14.8 Å². The van der Waals surface area contributed by atoms with Crippen LogP contribution in [0.3, 0.4) is 0 Å². The number of amides is 1. The van der Waals surface area contributed by atoms with Gasteiger partial charge in [-0.05, 0) is 43.2 Å². The van der Waals surface area contributed by atoms with Gasteiger partial charge in [0.25, 0.3) is 5.69 Å². The molecule has 0 aromatic heterocycles. The normalized spacial score (nSPS) is 15.8. The van der Waals surface area contributed by atoms with E-state index in [1.165, 1.54) is 28.6 Å². The highest BCUT2D eigenvalue weighted by atomic mass is 35.5. The Kier molecular flexibility index (Phi) is 6.15. The summed E-state index contributed by atoms with van der Waals surface area (Å²) in [5.41, 5.74) is 0.346. The van der Waals surface area contributed by atoms with E-state index in [2.05, 4.69) is 5.32 Å². The predicted molar refractivity (Wildman–Crippen MR) is 105 cm³/mol. The second-order valence-corrected chi connectivity index (χ2v) is 8.89. The van der Waals surface area contributed by atoms with E-state index in [4.69, 9.17) is 11.6 Å². The van der Waals surface area contributed by atoms with Crippen molar-refractivity contribution in [3.63, 3.8) is 0 Å². The number of carbonyl (C=O) groups excluding carboxylic acids is 1. The number of nitrogens with zero attached hydrogens (tertiary/aromatic N) is 2. The molecule has 0 unspecified atom stereocenters. The zero-order chi connectivity index (χ0) is 21.2. The second kappa shape index (κ2) is 8.44. The molecule has 154 valence electrons. The van der Waals surface area contributed by atoms with Crippen LogP contribution in [0.1, 0.15) is 12.8 Å². The number of nitro benzene ring substituents is 1. The molecule has 11 heteroatoms. The van der Waals surface area contributed by atoms with E-state index in [-0.39, 0.29) is 34.6 Å². The van der Waals surface area contributed by atoms with Crippen molar-refractivity contribution in [1.29, 1.82) is 0 Å². The summed E-state index contributed by atoms with van der Waals surface area (Å²) in [6.45, 7) is 0.269. The maximum Gasteiger partial charge on any atom is 0.269 e. The minimum absolute atomic E-state index is 0.0811. The van der Waals surface area contributed by atoms with Gasteiger partial charge in [0.15, 0.2) is 0 Å². The van der Waals surface area contributed by atoms with Crippen LogP contribution in [-0.2, 0) is 14.8 Å². The average molecular weight is 442 g/mol. The SMILES string of the molecule is O=C(Nc1ccc([N+](=O)[O-])cc1)C1CCN(S(=O)(=O)c2ccc(F)c(Cl)c2)CC1. The fraction of sp³-hybridized carbons (Fsp3) is 0.278. The summed E-state index contributed by atoms with van der Waals surface area (Å²) < 4.78 is 39.9. The number of anilines is 1. The number of nitro groups is 1. The van der Waals surface area contributed by atoms with Gasteiger partial charge in [-0.2, -0.15) is 4.31 Å². The summed E-state index contributed by atoms with van der Waals surface area (Å²) in [5, 5.41) is 13.1. The van der Waals surface area contributed by atoms with E-state index < -0.39 is 26.7 Å². The number of hydrogen-bond acceptors (Lipinski definition) is 5. The number of nitrogens with one attached hydrogen (secondary N) is 1. The highest BCUT2D eigenvalue weighted by Crippen LogP contribution is 2.27. The monoisotopic (exact) mass is 441 g/mol. The standard InChI is InChI=1S/C18H17ClFN3O5S/c19-16-11-15(5-6-17(16)20)29(27,28)22-9-7-12(8-10-22)18(24)21-13-1-3-14(4-2-13)23(25)26/h1-6,11-12H,7-10H2,(H,21,24). The maximum atomic E-state index is 13.3. The first-order chi connectivity index (χ1) is 13.7. The summed E-state index contributed by atoms with van der Waals surface area (Å²) >= 11 is 5.68. The van der Waals surface area contributed by atoms with E-state index in [1.807, 2.05) is 0 Å². The second-order valence-electron chi connectivity index (χ2n) is 6.55. The van der Waals surface area contributed by atoms with Crippen LogP contribution in [0.15, 0.2) is 47.4 Å². The van der Waals surface area contributed by atoms with Crippen molar-refractivity contribution in [3.05, 3.63) is 63.4 Å². The number of rotatable bonds is 5. The fourth-order valence-corrected chi connectivity index (χ4v) is 4.80. The fourth-order valence-electron chi connectivity index (χ4n) is 3.06. The third-order valence-corrected chi connectivity index (χ3v) is 6.88. The van der Waals surface area contributed by atoms with Crippen LogP contribution in [0.2, 0.25) is 5.02 Å². The number of piperidine rings is 1. The zero-order valence-electron chi connectivity index (χ0n) is 15.0. The third kappa shape index (κ3) is 4.72. The summed E-state index contributed by atoms with van der Waals surface area (Å²) in [6, 6.07) is 8.68. The molecule has 1 fully saturated rings. The average Bonchev–Trinajstić information content (AvgIpc) is 2.70. The van der Waals surface area contributed by atoms with Gasteiger partial charge in [-0.15, -0.1) is 0 Å². The van der Waals surface area contributed by atoms with E-state index >= 15 is 0 Å². The first-order valence-corrected chi connectivity index (χ1v) is 10.5. The molecule has 1 aliphatic heterocycles. The number of non-ortho nitro benzene ring substituents is 1. The van der Waals surface area contributed by atoms with Crippen LogP contribution >= 0.6 is 11.6 Å². The molecule has 1 N–H and O–H groups in total. The summed E-state index contributed by atoms with van der Waals surface area (Å²) in [6.07, 6.45) is 0.625. The van der Waals surface area contributed by atoms with Crippen molar-refractivity contribution in [2.45, 2.75) is 17.7 Å². The Morgan fingerprint density at radius 2 is 1.79 bits per heavy atom. The molecular weight excluding hydrogens is 425 g/mol. The molecule has 0 spiro atoms. The van der Waals surface area contributed by atoms with E-state index in [0.717, 1.165) is 18.2 Å². The molecule has 0 bridgehead atoms. The van der Waals surface area contributed by atoms with Crippen LogP contribution in [0.4, 0.5) is 15.8 Å². The molecule has 1 aliphatic rings. The molecule has 3 rings (SSSR count). The number of carbonyl (C=O) groups is 1. The Morgan fingerprint density at radius 1 is 1.17 bits per heavy atom. The lowest BCUT2D eigenvalue weighted by molar-refractivity contribution is -0.384. The van der Waals surface area contributed by atoms with Crippen LogP contribution in [0, 0.1) is 21.8 Å². The molecule has 1 heterocycles. The van der Waals surface area contributed by atoms with Gasteiger partial charge < -0.3 is 5.32 Å². The number of sulfonamides is 1. The van der Waals surface area contributed by atoms with Crippen molar-refractivity contribution in [2.75, 3.05) is 18.4 Å². The van der Waals surface area contributed by atoms with Gasteiger partial charge in [-0.25, -0.2) is 12.8 Å². The molecule has 29 heavy (non-hydrogen) atoms. The minimum Gasteiger partial charge on any atom is -0.326 e. The first-order valence-electron chi connectivity index (χ1n) is 8.69.